The summed E-state index contributed by atoms with van der Waals surface area (Å²) < 4.78 is 0. The van der Waals surface area contributed by atoms with Gasteiger partial charge in [-0.1, -0.05) is 18.2 Å². The molecular weight excluding hydrogens is 326 g/mol. The Balaban J connectivity index is 1.52. The lowest BCUT2D eigenvalue weighted by molar-refractivity contribution is 0.102. The molecule has 6 heteroatoms. The van der Waals surface area contributed by atoms with Crippen molar-refractivity contribution >= 4 is 28.2 Å². The molecule has 0 spiro atoms. The van der Waals surface area contributed by atoms with E-state index in [1.54, 1.807) is 24.7 Å². The second-order valence-corrected chi connectivity index (χ2v) is 5.89. The summed E-state index contributed by atoms with van der Waals surface area (Å²) in [4.78, 5) is 16.8. The van der Waals surface area contributed by atoms with E-state index in [1.165, 1.54) is 0 Å². The second-order valence-electron chi connectivity index (χ2n) is 5.89. The minimum absolute atomic E-state index is 0.168. The summed E-state index contributed by atoms with van der Waals surface area (Å²) in [7, 11) is 0. The van der Waals surface area contributed by atoms with Crippen molar-refractivity contribution in [2.75, 3.05) is 10.6 Å². The molecule has 4 aromatic rings. The average molecular weight is 343 g/mol. The molecule has 0 bridgehead atoms. The van der Waals surface area contributed by atoms with Crippen LogP contribution in [0, 0.1) is 0 Å². The number of aromatic amines is 1. The Labute approximate surface area is 150 Å². The van der Waals surface area contributed by atoms with Crippen LogP contribution in [-0.4, -0.2) is 21.1 Å². The Morgan fingerprint density at radius 2 is 1.96 bits per heavy atom. The maximum Gasteiger partial charge on any atom is 0.257 e. The molecule has 26 heavy (non-hydrogen) atoms. The summed E-state index contributed by atoms with van der Waals surface area (Å²) >= 11 is 0. The van der Waals surface area contributed by atoms with Crippen LogP contribution in [0.15, 0.2) is 73.2 Å². The van der Waals surface area contributed by atoms with Crippen LogP contribution >= 0.6 is 0 Å². The zero-order valence-corrected chi connectivity index (χ0v) is 13.9. The smallest absolute Gasteiger partial charge is 0.257 e. The second kappa shape index (κ2) is 7.06. The lowest BCUT2D eigenvalue weighted by Gasteiger charge is -2.12. The largest absolute Gasteiger partial charge is 0.380 e. The Hall–Kier alpha value is -3.67. The first-order valence-corrected chi connectivity index (χ1v) is 8.26. The Morgan fingerprint density at radius 3 is 2.85 bits per heavy atom. The molecule has 0 saturated carbocycles. The minimum Gasteiger partial charge on any atom is -0.380 e. The number of hydrogen-bond donors (Lipinski definition) is 3. The summed E-state index contributed by atoms with van der Waals surface area (Å²) in [5.74, 6) is -0.168. The van der Waals surface area contributed by atoms with E-state index in [4.69, 9.17) is 0 Å². The van der Waals surface area contributed by atoms with Gasteiger partial charge in [-0.2, -0.15) is 5.10 Å². The van der Waals surface area contributed by atoms with Crippen LogP contribution in [0.25, 0.3) is 10.9 Å². The summed E-state index contributed by atoms with van der Waals surface area (Å²) in [5.41, 5.74) is 4.00. The number of anilines is 2. The van der Waals surface area contributed by atoms with Gasteiger partial charge in [-0.3, -0.25) is 14.9 Å². The Kier molecular flexibility index (Phi) is 4.30. The van der Waals surface area contributed by atoms with Gasteiger partial charge in [-0.15, -0.1) is 0 Å². The van der Waals surface area contributed by atoms with Crippen molar-refractivity contribution in [2.45, 2.75) is 6.54 Å². The highest BCUT2D eigenvalue weighted by Crippen LogP contribution is 2.20. The number of fused-ring (bicyclic) bond motifs is 1. The van der Waals surface area contributed by atoms with Crippen molar-refractivity contribution < 1.29 is 4.79 Å². The maximum absolute atomic E-state index is 12.7. The monoisotopic (exact) mass is 343 g/mol. The molecule has 0 unspecified atom stereocenters. The number of benzene rings is 2. The number of H-pyrrole nitrogens is 1. The fourth-order valence-corrected chi connectivity index (χ4v) is 2.75. The molecule has 1 amide bonds. The fraction of sp³-hybridized carbons (Fsp3) is 0.0500. The molecule has 0 atom stereocenters. The standard InChI is InChI=1S/C20H17N5O/c26-20(24-16-8-7-15-13-23-25-19(15)10-16)17-5-1-2-6-18(17)22-12-14-4-3-9-21-11-14/h1-11,13,22H,12H2,(H,23,25)(H,24,26). The lowest BCUT2D eigenvalue weighted by Crippen LogP contribution is -2.14. The number of rotatable bonds is 5. The van der Waals surface area contributed by atoms with Crippen LogP contribution in [0.4, 0.5) is 11.4 Å². The molecule has 2 aromatic carbocycles. The lowest BCUT2D eigenvalue weighted by atomic mass is 10.1. The summed E-state index contributed by atoms with van der Waals surface area (Å²) in [5, 5.41) is 14.1. The van der Waals surface area contributed by atoms with Crippen molar-refractivity contribution in [3.8, 4) is 0 Å². The van der Waals surface area contributed by atoms with Crippen LogP contribution in [0.3, 0.4) is 0 Å². The molecule has 128 valence electrons. The highest BCUT2D eigenvalue weighted by atomic mass is 16.1. The molecule has 2 heterocycles. The predicted molar refractivity (Wildman–Crippen MR) is 102 cm³/mol. The van der Waals surface area contributed by atoms with Crippen molar-refractivity contribution in [1.29, 1.82) is 0 Å². The highest BCUT2D eigenvalue weighted by Gasteiger charge is 2.11. The van der Waals surface area contributed by atoms with Crippen LogP contribution in [0.2, 0.25) is 0 Å². The van der Waals surface area contributed by atoms with Crippen LogP contribution in [0.1, 0.15) is 15.9 Å². The van der Waals surface area contributed by atoms with E-state index in [2.05, 4.69) is 25.8 Å². The number of para-hydroxylation sites is 1. The molecule has 0 aliphatic rings. The quantitative estimate of drug-likeness (QED) is 0.514. The van der Waals surface area contributed by atoms with E-state index in [0.717, 1.165) is 22.2 Å². The Bertz CT molecular complexity index is 1040. The molecule has 0 aliphatic carbocycles. The van der Waals surface area contributed by atoms with E-state index >= 15 is 0 Å². The van der Waals surface area contributed by atoms with E-state index in [0.29, 0.717) is 17.8 Å². The first-order valence-electron chi connectivity index (χ1n) is 8.26. The van der Waals surface area contributed by atoms with E-state index < -0.39 is 0 Å². The molecule has 2 aromatic heterocycles. The molecule has 3 N–H and O–H groups in total. The van der Waals surface area contributed by atoms with Gasteiger partial charge in [0.25, 0.3) is 5.91 Å². The van der Waals surface area contributed by atoms with Crippen LogP contribution in [0.5, 0.6) is 0 Å². The number of carbonyl (C=O) groups is 1. The molecule has 0 saturated heterocycles. The first kappa shape index (κ1) is 15.8. The number of nitrogens with one attached hydrogen (secondary N) is 3. The van der Waals surface area contributed by atoms with Gasteiger partial charge in [-0.05, 0) is 42.0 Å². The number of amides is 1. The molecule has 6 nitrogen and oxygen atoms in total. The van der Waals surface area contributed by atoms with Gasteiger partial charge in [0.2, 0.25) is 0 Å². The molecule has 4 rings (SSSR count). The first-order chi connectivity index (χ1) is 12.8. The molecule has 0 fully saturated rings. The molecular formula is C20H17N5O. The summed E-state index contributed by atoms with van der Waals surface area (Å²) in [6.07, 6.45) is 5.29. The number of hydrogen-bond acceptors (Lipinski definition) is 4. The third-order valence-electron chi connectivity index (χ3n) is 4.08. The number of carbonyl (C=O) groups excluding carboxylic acids is 1. The average Bonchev–Trinajstić information content (AvgIpc) is 3.15. The number of nitrogens with zero attached hydrogens (tertiary/aromatic N) is 2. The van der Waals surface area contributed by atoms with Gasteiger partial charge in [0, 0.05) is 35.7 Å². The van der Waals surface area contributed by atoms with Crippen molar-refractivity contribution in [2.24, 2.45) is 0 Å². The van der Waals surface area contributed by atoms with Gasteiger partial charge in [0.05, 0.1) is 17.3 Å². The number of aromatic nitrogens is 3. The van der Waals surface area contributed by atoms with E-state index in [-0.39, 0.29) is 5.91 Å². The van der Waals surface area contributed by atoms with Crippen molar-refractivity contribution in [3.63, 3.8) is 0 Å². The predicted octanol–water partition coefficient (Wildman–Crippen LogP) is 3.82. The van der Waals surface area contributed by atoms with E-state index in [9.17, 15) is 4.79 Å². The van der Waals surface area contributed by atoms with Gasteiger partial charge >= 0.3 is 0 Å². The zero-order valence-electron chi connectivity index (χ0n) is 13.9. The zero-order chi connectivity index (χ0) is 17.8. The third-order valence-corrected chi connectivity index (χ3v) is 4.08. The van der Waals surface area contributed by atoms with E-state index in [1.807, 2.05) is 48.5 Å². The summed E-state index contributed by atoms with van der Waals surface area (Å²) in [6, 6.07) is 17.0. The van der Waals surface area contributed by atoms with Gasteiger partial charge < -0.3 is 10.6 Å². The van der Waals surface area contributed by atoms with Crippen molar-refractivity contribution in [1.82, 2.24) is 15.2 Å². The third kappa shape index (κ3) is 3.39. The number of pyridine rings is 1. The fourth-order valence-electron chi connectivity index (χ4n) is 2.75. The van der Waals surface area contributed by atoms with Gasteiger partial charge in [0.15, 0.2) is 0 Å². The maximum atomic E-state index is 12.7. The molecule has 0 aliphatic heterocycles. The SMILES string of the molecule is O=C(Nc1ccc2cn[nH]c2c1)c1ccccc1NCc1cccnc1. The minimum atomic E-state index is -0.168. The van der Waals surface area contributed by atoms with Crippen molar-refractivity contribution in [3.05, 3.63) is 84.3 Å². The topological polar surface area (TPSA) is 82.7 Å². The molecule has 0 radical (unpaired) electrons. The van der Waals surface area contributed by atoms with Crippen LogP contribution in [-0.2, 0) is 6.54 Å². The highest BCUT2D eigenvalue weighted by molar-refractivity contribution is 6.08. The van der Waals surface area contributed by atoms with Crippen LogP contribution < -0.4 is 10.6 Å². The van der Waals surface area contributed by atoms with Gasteiger partial charge in [-0.25, -0.2) is 0 Å². The summed E-state index contributed by atoms with van der Waals surface area (Å²) in [6.45, 7) is 0.595. The van der Waals surface area contributed by atoms with Gasteiger partial charge in [0.1, 0.15) is 0 Å². The Morgan fingerprint density at radius 1 is 1.04 bits per heavy atom. The normalized spacial score (nSPS) is 10.6.